The summed E-state index contributed by atoms with van der Waals surface area (Å²) in [5, 5.41) is 9.03. The van der Waals surface area contributed by atoms with Crippen molar-refractivity contribution in [3.8, 4) is 0 Å². The molecule has 1 aliphatic rings. The monoisotopic (exact) mass is 311 g/mol. The average molecular weight is 312 g/mol. The molecule has 98 valence electrons. The fourth-order valence-electron chi connectivity index (χ4n) is 2.18. The van der Waals surface area contributed by atoms with Crippen molar-refractivity contribution >= 4 is 21.9 Å². The van der Waals surface area contributed by atoms with Crippen LogP contribution in [0.5, 0.6) is 0 Å². The van der Waals surface area contributed by atoms with Gasteiger partial charge in [0.2, 0.25) is 0 Å². The number of aliphatic carboxylic acids is 1. The highest BCUT2D eigenvalue weighted by molar-refractivity contribution is 9.10. The first kappa shape index (κ1) is 13.6. The molecular formula is C14H18BrNO2. The molecule has 1 aromatic carbocycles. The Bertz CT molecular complexity index is 432. The summed E-state index contributed by atoms with van der Waals surface area (Å²) in [5.41, 5.74) is 1.15. The van der Waals surface area contributed by atoms with Gasteiger partial charge in [0, 0.05) is 17.1 Å². The fraction of sp³-hybridized carbons (Fsp3) is 0.500. The maximum absolute atomic E-state index is 11.0. The Kier molecular flexibility index (Phi) is 4.40. The van der Waals surface area contributed by atoms with Crippen LogP contribution < -0.4 is 0 Å². The van der Waals surface area contributed by atoms with E-state index in [4.69, 9.17) is 5.11 Å². The smallest absolute Gasteiger partial charge is 0.317 e. The molecule has 1 N–H and O–H groups in total. The molecule has 2 rings (SSSR count). The minimum absolute atomic E-state index is 0.110. The summed E-state index contributed by atoms with van der Waals surface area (Å²) in [6.45, 7) is 3.07. The zero-order valence-corrected chi connectivity index (χ0v) is 12.1. The summed E-state index contributed by atoms with van der Waals surface area (Å²) in [4.78, 5) is 13.0. The predicted molar refractivity (Wildman–Crippen MR) is 74.5 cm³/mol. The number of carbonyl (C=O) groups is 1. The topological polar surface area (TPSA) is 40.5 Å². The van der Waals surface area contributed by atoms with Gasteiger partial charge in [-0.2, -0.15) is 0 Å². The van der Waals surface area contributed by atoms with Gasteiger partial charge in [-0.25, -0.2) is 0 Å². The van der Waals surface area contributed by atoms with Crippen LogP contribution in [0.4, 0.5) is 0 Å². The van der Waals surface area contributed by atoms with E-state index in [2.05, 4.69) is 33.8 Å². The van der Waals surface area contributed by atoms with E-state index in [0.717, 1.165) is 16.6 Å². The highest BCUT2D eigenvalue weighted by atomic mass is 79.9. The SMILES string of the molecule is CC(c1ccccc1Br)N(CC(=O)O)CC1CC1. The van der Waals surface area contributed by atoms with Crippen LogP contribution in [0.15, 0.2) is 28.7 Å². The second-order valence-electron chi connectivity index (χ2n) is 4.96. The predicted octanol–water partition coefficient (Wildman–Crippen LogP) is 3.31. The van der Waals surface area contributed by atoms with Gasteiger partial charge < -0.3 is 5.11 Å². The summed E-state index contributed by atoms with van der Waals surface area (Å²) in [6, 6.07) is 8.14. The van der Waals surface area contributed by atoms with Crippen molar-refractivity contribution in [3.63, 3.8) is 0 Å². The van der Waals surface area contributed by atoms with Crippen molar-refractivity contribution in [1.29, 1.82) is 0 Å². The van der Waals surface area contributed by atoms with E-state index in [-0.39, 0.29) is 12.6 Å². The zero-order valence-electron chi connectivity index (χ0n) is 10.5. The Morgan fingerprint density at radius 1 is 1.50 bits per heavy atom. The van der Waals surface area contributed by atoms with E-state index >= 15 is 0 Å². The van der Waals surface area contributed by atoms with E-state index in [9.17, 15) is 4.79 Å². The minimum Gasteiger partial charge on any atom is -0.480 e. The standard InChI is InChI=1S/C14H18BrNO2/c1-10(12-4-2-3-5-13(12)15)16(9-14(17)18)8-11-6-7-11/h2-5,10-11H,6-9H2,1H3,(H,17,18). The fourth-order valence-corrected chi connectivity index (χ4v) is 2.79. The summed E-state index contributed by atoms with van der Waals surface area (Å²) in [6.07, 6.45) is 2.47. The normalized spacial score (nSPS) is 16.8. The third kappa shape index (κ3) is 3.56. The van der Waals surface area contributed by atoms with Crippen molar-refractivity contribution in [2.75, 3.05) is 13.1 Å². The maximum atomic E-state index is 11.0. The highest BCUT2D eigenvalue weighted by Gasteiger charge is 2.28. The molecular weight excluding hydrogens is 294 g/mol. The van der Waals surface area contributed by atoms with Crippen LogP contribution in [0.2, 0.25) is 0 Å². The van der Waals surface area contributed by atoms with E-state index in [1.165, 1.54) is 12.8 Å². The number of carboxylic acid groups (broad SMARTS) is 1. The van der Waals surface area contributed by atoms with E-state index in [1.807, 2.05) is 18.2 Å². The molecule has 0 amide bonds. The Morgan fingerprint density at radius 3 is 2.72 bits per heavy atom. The van der Waals surface area contributed by atoms with Crippen molar-refractivity contribution in [2.45, 2.75) is 25.8 Å². The van der Waals surface area contributed by atoms with Gasteiger partial charge in [-0.15, -0.1) is 0 Å². The summed E-state index contributed by atoms with van der Waals surface area (Å²) in [5.74, 6) is -0.0659. The minimum atomic E-state index is -0.755. The Hall–Kier alpha value is -0.870. The number of carboxylic acids is 1. The van der Waals surface area contributed by atoms with Crippen LogP contribution in [-0.4, -0.2) is 29.1 Å². The van der Waals surface area contributed by atoms with Crippen LogP contribution in [0.3, 0.4) is 0 Å². The number of halogens is 1. The first-order valence-electron chi connectivity index (χ1n) is 6.28. The lowest BCUT2D eigenvalue weighted by atomic mass is 10.1. The lowest BCUT2D eigenvalue weighted by molar-refractivity contribution is -0.139. The molecule has 3 nitrogen and oxygen atoms in total. The molecule has 18 heavy (non-hydrogen) atoms. The molecule has 4 heteroatoms. The molecule has 0 bridgehead atoms. The zero-order chi connectivity index (χ0) is 13.1. The van der Waals surface area contributed by atoms with Gasteiger partial charge in [0.25, 0.3) is 0 Å². The van der Waals surface area contributed by atoms with Crippen molar-refractivity contribution in [2.24, 2.45) is 5.92 Å². The first-order chi connectivity index (χ1) is 8.58. The second-order valence-corrected chi connectivity index (χ2v) is 5.82. The van der Waals surface area contributed by atoms with E-state index in [1.54, 1.807) is 0 Å². The third-order valence-corrected chi connectivity index (χ3v) is 4.15. The van der Waals surface area contributed by atoms with Crippen molar-refractivity contribution < 1.29 is 9.90 Å². The third-order valence-electron chi connectivity index (χ3n) is 3.43. The highest BCUT2D eigenvalue weighted by Crippen LogP contribution is 2.34. The van der Waals surface area contributed by atoms with Crippen LogP contribution in [-0.2, 0) is 4.79 Å². The van der Waals surface area contributed by atoms with Gasteiger partial charge in [0.15, 0.2) is 0 Å². The molecule has 1 unspecified atom stereocenters. The first-order valence-corrected chi connectivity index (χ1v) is 7.07. The Morgan fingerprint density at radius 2 is 2.17 bits per heavy atom. The quantitative estimate of drug-likeness (QED) is 0.876. The average Bonchev–Trinajstić information content (AvgIpc) is 3.11. The van der Waals surface area contributed by atoms with Gasteiger partial charge in [-0.05, 0) is 37.3 Å². The lowest BCUT2D eigenvalue weighted by Gasteiger charge is -2.28. The number of nitrogens with zero attached hydrogens (tertiary/aromatic N) is 1. The molecule has 0 aliphatic heterocycles. The molecule has 1 aromatic rings. The number of benzene rings is 1. The second kappa shape index (κ2) is 5.85. The molecule has 1 atom stereocenters. The number of rotatable bonds is 6. The molecule has 0 saturated heterocycles. The van der Waals surface area contributed by atoms with Crippen molar-refractivity contribution in [1.82, 2.24) is 4.90 Å². The summed E-state index contributed by atoms with van der Waals surface area (Å²) < 4.78 is 1.05. The molecule has 0 aromatic heterocycles. The van der Waals surface area contributed by atoms with Gasteiger partial charge >= 0.3 is 5.97 Å². The largest absolute Gasteiger partial charge is 0.480 e. The molecule has 1 fully saturated rings. The number of hydrogen-bond acceptors (Lipinski definition) is 2. The van der Waals surface area contributed by atoms with Crippen LogP contribution >= 0.6 is 15.9 Å². The summed E-state index contributed by atoms with van der Waals surface area (Å²) >= 11 is 3.54. The molecule has 0 heterocycles. The molecule has 1 aliphatic carbocycles. The van der Waals surface area contributed by atoms with Crippen LogP contribution in [0.25, 0.3) is 0 Å². The Labute approximate surface area is 116 Å². The molecule has 0 spiro atoms. The van der Waals surface area contributed by atoms with Crippen LogP contribution in [0, 0.1) is 5.92 Å². The van der Waals surface area contributed by atoms with E-state index in [0.29, 0.717) is 5.92 Å². The van der Waals surface area contributed by atoms with Gasteiger partial charge in [0.05, 0.1) is 6.54 Å². The maximum Gasteiger partial charge on any atom is 0.317 e. The van der Waals surface area contributed by atoms with Gasteiger partial charge in [-0.1, -0.05) is 34.1 Å². The Balaban J connectivity index is 2.13. The molecule has 0 radical (unpaired) electrons. The van der Waals surface area contributed by atoms with Crippen LogP contribution in [0.1, 0.15) is 31.4 Å². The van der Waals surface area contributed by atoms with Gasteiger partial charge in [0.1, 0.15) is 0 Å². The van der Waals surface area contributed by atoms with Crippen molar-refractivity contribution in [3.05, 3.63) is 34.3 Å². The molecule has 1 saturated carbocycles. The van der Waals surface area contributed by atoms with Gasteiger partial charge in [-0.3, -0.25) is 9.69 Å². The van der Waals surface area contributed by atoms with E-state index < -0.39 is 5.97 Å². The summed E-state index contributed by atoms with van der Waals surface area (Å²) in [7, 11) is 0. The lowest BCUT2D eigenvalue weighted by Crippen LogP contribution is -2.34. The number of hydrogen-bond donors (Lipinski definition) is 1.